The Balaban J connectivity index is 0.886. The number of hydrogen-bond donors (Lipinski definition) is 0. The van der Waals surface area contributed by atoms with Crippen LogP contribution in [-0.2, 0) is 37.9 Å². The van der Waals surface area contributed by atoms with Crippen LogP contribution in [0.2, 0.25) is 0 Å². The smallest absolute Gasteiger partial charge is 0.261 e. The zero-order valence-corrected chi connectivity index (χ0v) is 39.2. The Labute approximate surface area is 413 Å². The topological polar surface area (TPSA) is 223 Å². The van der Waals surface area contributed by atoms with Crippen LogP contribution in [0.15, 0.2) is 97.1 Å². The van der Waals surface area contributed by atoms with Crippen molar-refractivity contribution in [2.24, 2.45) is 0 Å². The van der Waals surface area contributed by atoms with Gasteiger partial charge in [-0.25, -0.2) is 0 Å². The minimum absolute atomic E-state index is 0.0283. The number of fused-ring (bicyclic) bond motifs is 4. The van der Waals surface area contributed by atoms with E-state index < -0.39 is 71.7 Å². The molecule has 5 heterocycles. The molecule has 20 nitrogen and oxygen atoms in total. The van der Waals surface area contributed by atoms with E-state index in [4.69, 9.17) is 37.9 Å². The van der Waals surface area contributed by atoms with Crippen LogP contribution < -0.4 is 0 Å². The molecule has 4 atom stereocenters. The summed E-state index contributed by atoms with van der Waals surface area (Å²) in [6.07, 6.45) is -4.18. The lowest BCUT2D eigenvalue weighted by Gasteiger charge is -2.32. The van der Waals surface area contributed by atoms with Crippen LogP contribution in [0.25, 0.3) is 0 Å². The van der Waals surface area contributed by atoms with E-state index in [1.54, 1.807) is 97.1 Å². The molecule has 1 fully saturated rings. The van der Waals surface area contributed by atoms with Gasteiger partial charge in [0.25, 0.3) is 47.3 Å². The Hall–Kier alpha value is -6.88. The number of hydrogen-bond acceptors (Lipinski definition) is 16. The van der Waals surface area contributed by atoms with Crippen molar-refractivity contribution in [2.75, 3.05) is 105 Å². The van der Waals surface area contributed by atoms with Gasteiger partial charge in [0, 0.05) is 0 Å². The Kier molecular flexibility index (Phi) is 16.1. The highest BCUT2D eigenvalue weighted by atomic mass is 16.6. The zero-order chi connectivity index (χ0) is 50.1. The Morgan fingerprint density at radius 3 is 0.583 bits per heavy atom. The van der Waals surface area contributed by atoms with Crippen LogP contribution >= 0.6 is 0 Å². The maximum atomic E-state index is 13.6. The summed E-state index contributed by atoms with van der Waals surface area (Å²) in [5.41, 5.74) is 1.89. The summed E-state index contributed by atoms with van der Waals surface area (Å²) in [6.45, 7) is -0.789. The first-order valence-electron chi connectivity index (χ1n) is 23.7. The van der Waals surface area contributed by atoms with Crippen molar-refractivity contribution in [1.29, 1.82) is 0 Å². The third-order valence-electron chi connectivity index (χ3n) is 12.8. The molecule has 0 saturated carbocycles. The molecule has 0 unspecified atom stereocenters. The molecule has 20 heteroatoms. The fourth-order valence-electron chi connectivity index (χ4n) is 9.13. The lowest BCUT2D eigenvalue weighted by Crippen LogP contribution is -2.50. The molecule has 1 saturated heterocycles. The third-order valence-corrected chi connectivity index (χ3v) is 12.8. The van der Waals surface area contributed by atoms with E-state index in [0.29, 0.717) is 0 Å². The minimum Gasteiger partial charge on any atom is -0.377 e. The molecule has 8 amide bonds. The summed E-state index contributed by atoms with van der Waals surface area (Å²) < 4.78 is 48.6. The summed E-state index contributed by atoms with van der Waals surface area (Å²) in [4.78, 5) is 113. The van der Waals surface area contributed by atoms with Crippen molar-refractivity contribution >= 4 is 47.3 Å². The van der Waals surface area contributed by atoms with Crippen LogP contribution in [0.1, 0.15) is 82.9 Å². The van der Waals surface area contributed by atoms with Gasteiger partial charge < -0.3 is 37.9 Å². The summed E-state index contributed by atoms with van der Waals surface area (Å²) in [7, 11) is 0. The standard InChI is InChI=1S/C52H52N4O16/c57-45-33-9-1-2-10-34(33)46(58)53(45)29-41-42(30-54-47(59)35-11-3-4-12-36(35)48(54)60)70-26-22-66-19-20-68-24-28-72-44(32-56-51(63)39-15-7-8-16-40(39)52(56)64)43(71-27-23-67-18-17-65-21-25-69-41)31-55-49(61)37-13-5-6-14-38(37)50(55)62/h1-16,41-44H,17-32H2/t41-,42+,43-,44+. The van der Waals surface area contributed by atoms with E-state index in [1.165, 1.54) is 0 Å². The average molecular weight is 989 g/mol. The number of amides is 8. The number of carbonyl (C=O) groups is 8. The number of nitrogens with zero attached hydrogens (tertiary/aromatic N) is 4. The summed E-state index contributed by atoms with van der Waals surface area (Å²) in [5, 5.41) is 0. The molecule has 376 valence electrons. The number of carbonyl (C=O) groups excluding carboxylic acids is 8. The highest BCUT2D eigenvalue weighted by Crippen LogP contribution is 2.29. The van der Waals surface area contributed by atoms with Gasteiger partial charge in [0.05, 0.1) is 150 Å². The van der Waals surface area contributed by atoms with Gasteiger partial charge in [0.15, 0.2) is 0 Å². The van der Waals surface area contributed by atoms with Gasteiger partial charge in [-0.3, -0.25) is 58.0 Å². The normalized spacial score (nSPS) is 23.3. The van der Waals surface area contributed by atoms with Crippen LogP contribution in [0.4, 0.5) is 0 Å². The second-order valence-electron chi connectivity index (χ2n) is 17.2. The van der Waals surface area contributed by atoms with E-state index >= 15 is 0 Å². The molecule has 0 N–H and O–H groups in total. The second kappa shape index (κ2) is 23.1. The molecular formula is C52H52N4O16. The van der Waals surface area contributed by atoms with Gasteiger partial charge in [0.1, 0.15) is 24.4 Å². The first-order valence-corrected chi connectivity index (χ1v) is 23.7. The van der Waals surface area contributed by atoms with Crippen LogP contribution in [0.3, 0.4) is 0 Å². The molecule has 4 aromatic rings. The zero-order valence-electron chi connectivity index (χ0n) is 39.2. The van der Waals surface area contributed by atoms with Gasteiger partial charge in [-0.05, 0) is 48.5 Å². The van der Waals surface area contributed by atoms with Crippen LogP contribution in [0.5, 0.6) is 0 Å². The lowest BCUT2D eigenvalue weighted by molar-refractivity contribution is -0.112. The van der Waals surface area contributed by atoms with Gasteiger partial charge in [-0.15, -0.1) is 0 Å². The molecule has 9 rings (SSSR count). The predicted molar refractivity (Wildman–Crippen MR) is 249 cm³/mol. The summed E-state index contributed by atoms with van der Waals surface area (Å²) in [6, 6.07) is 25.8. The summed E-state index contributed by atoms with van der Waals surface area (Å²) >= 11 is 0. The number of benzene rings is 4. The quantitative estimate of drug-likeness (QED) is 0.232. The van der Waals surface area contributed by atoms with Gasteiger partial charge in [-0.2, -0.15) is 0 Å². The van der Waals surface area contributed by atoms with E-state index in [1.807, 2.05) is 0 Å². The monoisotopic (exact) mass is 988 g/mol. The van der Waals surface area contributed by atoms with Crippen molar-refractivity contribution in [3.05, 3.63) is 142 Å². The molecule has 0 bridgehead atoms. The van der Waals surface area contributed by atoms with Gasteiger partial charge >= 0.3 is 0 Å². The Morgan fingerprint density at radius 2 is 0.417 bits per heavy atom. The molecule has 0 aliphatic carbocycles. The Bertz CT molecular complexity index is 2220. The van der Waals surface area contributed by atoms with Crippen molar-refractivity contribution in [3.63, 3.8) is 0 Å². The third kappa shape index (κ3) is 10.7. The number of ether oxygens (including phenoxy) is 8. The van der Waals surface area contributed by atoms with Crippen molar-refractivity contribution in [1.82, 2.24) is 19.6 Å². The van der Waals surface area contributed by atoms with Gasteiger partial charge in [-0.1, -0.05) is 48.5 Å². The molecular weight excluding hydrogens is 937 g/mol. The maximum Gasteiger partial charge on any atom is 0.261 e. The Morgan fingerprint density at radius 1 is 0.264 bits per heavy atom. The maximum absolute atomic E-state index is 13.6. The minimum atomic E-state index is -1.04. The first kappa shape index (κ1) is 50.1. The van der Waals surface area contributed by atoms with E-state index in [2.05, 4.69) is 0 Å². The number of rotatable bonds is 8. The lowest BCUT2D eigenvalue weighted by atomic mass is 10.1. The van der Waals surface area contributed by atoms with Crippen molar-refractivity contribution < 1.29 is 76.3 Å². The largest absolute Gasteiger partial charge is 0.377 e. The highest BCUT2D eigenvalue weighted by molar-refractivity contribution is 6.23. The van der Waals surface area contributed by atoms with Crippen molar-refractivity contribution in [2.45, 2.75) is 24.4 Å². The molecule has 4 aromatic carbocycles. The molecule has 0 aromatic heterocycles. The highest BCUT2D eigenvalue weighted by Gasteiger charge is 2.44. The van der Waals surface area contributed by atoms with Crippen LogP contribution in [0, 0.1) is 0 Å². The van der Waals surface area contributed by atoms with Gasteiger partial charge in [0.2, 0.25) is 0 Å². The molecule has 0 spiro atoms. The molecule has 0 radical (unpaired) electrons. The van der Waals surface area contributed by atoms with E-state index in [9.17, 15) is 38.4 Å². The molecule has 72 heavy (non-hydrogen) atoms. The fourth-order valence-corrected chi connectivity index (χ4v) is 9.13. The van der Waals surface area contributed by atoms with E-state index in [0.717, 1.165) is 19.6 Å². The predicted octanol–water partition coefficient (Wildman–Crippen LogP) is 2.79. The number of imide groups is 4. The van der Waals surface area contributed by atoms with Crippen molar-refractivity contribution in [3.8, 4) is 0 Å². The average Bonchev–Trinajstić information content (AvgIpc) is 3.98. The van der Waals surface area contributed by atoms with E-state index in [-0.39, 0.29) is 150 Å². The summed E-state index contributed by atoms with van der Waals surface area (Å²) in [5.74, 6) is -4.20. The SMILES string of the molecule is O=C1c2ccccc2C(=O)N1C[C@@H]1OCCOCCOCCO[C@@H](CN2C(=O)c3ccccc3C2=O)[C@@H](CN2C(=O)c3ccccc3C2=O)OCCOCCOCCO[C@@H]1CN1C(=O)c2ccccc2C1=O. The second-order valence-corrected chi connectivity index (χ2v) is 17.2. The molecule has 5 aliphatic rings. The van der Waals surface area contributed by atoms with Crippen LogP contribution in [-0.4, -0.2) is 197 Å². The molecule has 5 aliphatic heterocycles. The fraction of sp³-hybridized carbons (Fsp3) is 0.385. The first-order chi connectivity index (χ1) is 35.1.